The smallest absolute Gasteiger partial charge is 0.356 e. The first-order valence-corrected chi connectivity index (χ1v) is 16.6. The van der Waals surface area contributed by atoms with Gasteiger partial charge in [0, 0.05) is 23.3 Å². The standard InChI is InChI=1S/C34H30N6O5S2/c1-3-21-19-46-32-27(37-30(41)26(25-20-47-34(35)36-25)38-44-18-24-16-10-11-17-39(24)2)31(42)40(32)28(21)33(43)45-29(22-12-6-4-7-13-22)23-14-8-5-9-15-23/h3-17,20,27,29,32H,1,18-19H2,2H3,(H2-,35,36,37,41)/p+1/t27?,32-/m0/s1. The van der Waals surface area contributed by atoms with Crippen molar-refractivity contribution >= 4 is 51.7 Å². The number of thiazole rings is 1. The molecule has 3 N–H and O–H groups in total. The van der Waals surface area contributed by atoms with E-state index in [1.54, 1.807) is 11.5 Å². The topological polar surface area (TPSA) is 140 Å². The molecule has 2 aliphatic rings. The van der Waals surface area contributed by atoms with Crippen LogP contribution in [-0.2, 0) is 37.6 Å². The first-order chi connectivity index (χ1) is 22.9. The summed E-state index contributed by atoms with van der Waals surface area (Å²) in [6, 6.07) is 23.5. The van der Waals surface area contributed by atoms with E-state index in [0.717, 1.165) is 28.2 Å². The second kappa shape index (κ2) is 14.0. The minimum absolute atomic E-state index is 0.0932. The van der Waals surface area contributed by atoms with Gasteiger partial charge in [-0.3, -0.25) is 14.5 Å². The van der Waals surface area contributed by atoms with Crippen molar-refractivity contribution in [3.8, 4) is 0 Å². The lowest BCUT2D eigenvalue weighted by Gasteiger charge is -2.49. The number of aromatic nitrogens is 2. The molecule has 47 heavy (non-hydrogen) atoms. The number of anilines is 1. The molecule has 13 heteroatoms. The first-order valence-electron chi connectivity index (χ1n) is 14.6. The fourth-order valence-electron chi connectivity index (χ4n) is 5.22. The van der Waals surface area contributed by atoms with E-state index in [2.05, 4.69) is 22.0 Å². The number of esters is 1. The number of nitrogen functional groups attached to an aromatic ring is 1. The van der Waals surface area contributed by atoms with Crippen LogP contribution in [0.3, 0.4) is 0 Å². The van der Waals surface area contributed by atoms with Crippen LogP contribution in [0.2, 0.25) is 0 Å². The van der Waals surface area contributed by atoms with Gasteiger partial charge in [-0.25, -0.2) is 14.3 Å². The molecule has 1 unspecified atom stereocenters. The number of allylic oxidation sites excluding steroid dienone is 1. The average molecular weight is 668 g/mol. The Hall–Kier alpha value is -5.27. The molecule has 2 amide bonds. The molecular weight excluding hydrogens is 637 g/mol. The quantitative estimate of drug-likeness (QED) is 0.0813. The van der Waals surface area contributed by atoms with Crippen LogP contribution in [0, 0.1) is 0 Å². The van der Waals surface area contributed by atoms with Gasteiger partial charge in [0.05, 0.1) is 0 Å². The van der Waals surface area contributed by atoms with Crippen LogP contribution in [0.1, 0.15) is 28.6 Å². The molecule has 6 rings (SSSR count). The number of thioether (sulfide) groups is 1. The Morgan fingerprint density at radius 3 is 2.43 bits per heavy atom. The summed E-state index contributed by atoms with van der Waals surface area (Å²) in [5, 5.41) is 8.15. The first kappa shape index (κ1) is 31.7. The predicted octanol–water partition coefficient (Wildman–Crippen LogP) is 3.64. The molecule has 2 aliphatic heterocycles. The summed E-state index contributed by atoms with van der Waals surface area (Å²) in [5.41, 5.74) is 8.99. The van der Waals surface area contributed by atoms with Crippen LogP contribution >= 0.6 is 23.1 Å². The molecule has 0 aliphatic carbocycles. The minimum atomic E-state index is -0.936. The summed E-state index contributed by atoms with van der Waals surface area (Å²) in [6.45, 7) is 3.96. The number of oxime groups is 1. The monoisotopic (exact) mass is 667 g/mol. The predicted molar refractivity (Wildman–Crippen MR) is 179 cm³/mol. The Bertz CT molecular complexity index is 1840. The number of nitrogens with one attached hydrogen (secondary N) is 1. The molecule has 0 saturated carbocycles. The third kappa shape index (κ3) is 6.67. The zero-order valence-electron chi connectivity index (χ0n) is 25.3. The third-order valence-electron chi connectivity index (χ3n) is 7.66. The number of rotatable bonds is 11. The second-order valence-electron chi connectivity index (χ2n) is 10.6. The minimum Gasteiger partial charge on any atom is -0.448 e. The number of aryl methyl sites for hydroxylation is 1. The Labute approximate surface area is 279 Å². The highest BCUT2D eigenvalue weighted by molar-refractivity contribution is 8.00. The van der Waals surface area contributed by atoms with E-state index in [4.69, 9.17) is 15.3 Å². The Morgan fingerprint density at radius 1 is 1.13 bits per heavy atom. The number of β-lactam (4-membered cyclic amide) rings is 1. The van der Waals surface area contributed by atoms with Crippen molar-refractivity contribution in [1.29, 1.82) is 0 Å². The number of pyridine rings is 1. The summed E-state index contributed by atoms with van der Waals surface area (Å²) >= 11 is 2.55. The van der Waals surface area contributed by atoms with Crippen molar-refractivity contribution < 1.29 is 28.5 Å². The number of hydrogen-bond acceptors (Lipinski definition) is 10. The number of nitrogens with two attached hydrogens (primary N) is 1. The highest BCUT2D eigenvalue weighted by Gasteiger charge is 2.54. The van der Waals surface area contributed by atoms with Crippen molar-refractivity contribution in [2.24, 2.45) is 12.2 Å². The lowest BCUT2D eigenvalue weighted by Crippen LogP contribution is -2.71. The number of carbonyl (C=O) groups excluding carboxylic acids is 3. The van der Waals surface area contributed by atoms with Crippen molar-refractivity contribution in [2.75, 3.05) is 11.5 Å². The van der Waals surface area contributed by atoms with E-state index < -0.39 is 35.3 Å². The number of benzene rings is 2. The van der Waals surface area contributed by atoms with Crippen molar-refractivity contribution in [2.45, 2.75) is 24.1 Å². The molecular formula is C34H31N6O5S2+. The Balaban J connectivity index is 1.21. The van der Waals surface area contributed by atoms with E-state index in [1.807, 2.05) is 96.7 Å². The number of amides is 2. The normalized spacial score (nSPS) is 17.5. The van der Waals surface area contributed by atoms with Crippen LogP contribution in [-0.4, -0.2) is 50.5 Å². The van der Waals surface area contributed by atoms with E-state index in [0.29, 0.717) is 11.3 Å². The van der Waals surface area contributed by atoms with Gasteiger partial charge in [0.15, 0.2) is 23.1 Å². The summed E-state index contributed by atoms with van der Waals surface area (Å²) in [6.07, 6.45) is 2.72. The summed E-state index contributed by atoms with van der Waals surface area (Å²) in [5.74, 6) is -1.41. The maximum absolute atomic E-state index is 13.9. The van der Waals surface area contributed by atoms with Gasteiger partial charge in [0.1, 0.15) is 29.9 Å². The van der Waals surface area contributed by atoms with E-state index >= 15 is 0 Å². The molecule has 0 bridgehead atoms. The molecule has 1 saturated heterocycles. The zero-order valence-corrected chi connectivity index (χ0v) is 26.9. The van der Waals surface area contributed by atoms with Gasteiger partial charge in [-0.2, -0.15) is 0 Å². The summed E-state index contributed by atoms with van der Waals surface area (Å²) < 4.78 is 7.98. The summed E-state index contributed by atoms with van der Waals surface area (Å²) in [4.78, 5) is 52.2. The van der Waals surface area contributed by atoms with Gasteiger partial charge in [0.25, 0.3) is 11.8 Å². The number of fused-ring (bicyclic) bond motifs is 1. The van der Waals surface area contributed by atoms with Crippen LogP contribution < -0.4 is 15.6 Å². The molecule has 0 spiro atoms. The molecule has 238 valence electrons. The number of hydrogen-bond donors (Lipinski definition) is 2. The zero-order chi connectivity index (χ0) is 32.9. The van der Waals surface area contributed by atoms with Crippen molar-refractivity contribution in [3.63, 3.8) is 0 Å². The molecule has 4 aromatic rings. The number of nitrogens with zero attached hydrogens (tertiary/aromatic N) is 4. The maximum atomic E-state index is 13.9. The molecule has 2 aromatic heterocycles. The molecule has 2 atom stereocenters. The van der Waals surface area contributed by atoms with Gasteiger partial charge in [0.2, 0.25) is 12.3 Å². The van der Waals surface area contributed by atoms with Crippen LogP contribution in [0.25, 0.3) is 0 Å². The average Bonchev–Trinajstić information content (AvgIpc) is 3.53. The molecule has 1 fully saturated rings. The van der Waals surface area contributed by atoms with Gasteiger partial charge < -0.3 is 20.6 Å². The number of carbonyl (C=O) groups is 3. The van der Waals surface area contributed by atoms with E-state index in [-0.39, 0.29) is 28.8 Å². The number of ether oxygens (including phenoxy) is 1. The van der Waals surface area contributed by atoms with Crippen LogP contribution in [0.4, 0.5) is 5.13 Å². The van der Waals surface area contributed by atoms with Gasteiger partial charge in [-0.05, 0) is 22.8 Å². The van der Waals surface area contributed by atoms with Crippen LogP contribution in [0.5, 0.6) is 0 Å². The fourth-order valence-corrected chi connectivity index (χ4v) is 7.11. The van der Waals surface area contributed by atoms with Crippen molar-refractivity contribution in [3.05, 3.63) is 137 Å². The Morgan fingerprint density at radius 2 is 1.81 bits per heavy atom. The highest BCUT2D eigenvalue weighted by atomic mass is 32.2. The van der Waals surface area contributed by atoms with Crippen LogP contribution in [0.15, 0.2) is 120 Å². The van der Waals surface area contributed by atoms with Gasteiger partial charge in [-0.15, -0.1) is 23.1 Å². The van der Waals surface area contributed by atoms with Crippen molar-refractivity contribution in [1.82, 2.24) is 15.2 Å². The fraction of sp³-hybridized carbons (Fsp3) is 0.176. The second-order valence-corrected chi connectivity index (χ2v) is 12.6. The maximum Gasteiger partial charge on any atom is 0.356 e. The lowest BCUT2D eigenvalue weighted by molar-refractivity contribution is -0.681. The molecule has 4 heterocycles. The SMILES string of the molecule is C=CC1=C(C(=O)OC(c2ccccc2)c2ccccc2)N2C(=O)C(NC(=O)C(=NOCc3cccc[n+]3C)c3csc(N)n3)[C@@H]2SC1. The van der Waals surface area contributed by atoms with Gasteiger partial charge in [-0.1, -0.05) is 78.5 Å². The van der Waals surface area contributed by atoms with E-state index in [1.165, 1.54) is 16.7 Å². The highest BCUT2D eigenvalue weighted by Crippen LogP contribution is 2.42. The van der Waals surface area contributed by atoms with Gasteiger partial charge >= 0.3 is 5.97 Å². The molecule has 11 nitrogen and oxygen atoms in total. The summed E-state index contributed by atoms with van der Waals surface area (Å²) in [7, 11) is 1.87. The molecule has 2 aromatic carbocycles. The lowest BCUT2D eigenvalue weighted by atomic mass is 10.0. The Kier molecular flexibility index (Phi) is 9.45. The largest absolute Gasteiger partial charge is 0.448 e. The van der Waals surface area contributed by atoms with E-state index in [9.17, 15) is 14.4 Å². The molecule has 0 radical (unpaired) electrons. The third-order valence-corrected chi connectivity index (χ3v) is 9.64.